The number of nitrogens with one attached hydrogen (secondary N) is 1. The topological polar surface area (TPSA) is 69.3 Å². The van der Waals surface area contributed by atoms with E-state index in [0.29, 0.717) is 5.69 Å². The summed E-state index contributed by atoms with van der Waals surface area (Å²) in [6, 6.07) is 25.8. The second-order valence-electron chi connectivity index (χ2n) is 9.55. The molecule has 3 heterocycles. The van der Waals surface area contributed by atoms with E-state index in [1.807, 2.05) is 61.5 Å². The maximum atomic E-state index is 13.3. The van der Waals surface area contributed by atoms with E-state index in [2.05, 4.69) is 41.4 Å². The highest BCUT2D eigenvalue weighted by atomic mass is 32.2. The second kappa shape index (κ2) is 10.2. The van der Waals surface area contributed by atoms with Crippen molar-refractivity contribution in [1.29, 1.82) is 0 Å². The van der Waals surface area contributed by atoms with Crippen LogP contribution in [0.4, 0.5) is 11.4 Å². The Kier molecular flexibility index (Phi) is 6.66. The van der Waals surface area contributed by atoms with Gasteiger partial charge >= 0.3 is 0 Å². The van der Waals surface area contributed by atoms with Gasteiger partial charge in [0.2, 0.25) is 0 Å². The molecule has 200 valence electrons. The molecule has 0 aliphatic heterocycles. The van der Waals surface area contributed by atoms with Gasteiger partial charge in [-0.2, -0.15) is 11.3 Å². The summed E-state index contributed by atoms with van der Waals surface area (Å²) in [5, 5.41) is 5.26. The number of thiocarbonyl (C=S) groups is 1. The molecule has 3 aromatic heterocycles. The van der Waals surface area contributed by atoms with E-state index in [1.165, 1.54) is 15.6 Å². The third-order valence-corrected chi connectivity index (χ3v) is 10.1. The number of pyridine rings is 1. The van der Waals surface area contributed by atoms with Gasteiger partial charge in [-0.05, 0) is 59.8 Å². The molecule has 6 aromatic rings. The summed E-state index contributed by atoms with van der Waals surface area (Å²) in [6.07, 6.45) is 1.90. The van der Waals surface area contributed by atoms with Crippen LogP contribution < -0.4 is 9.21 Å². The van der Waals surface area contributed by atoms with Crippen molar-refractivity contribution in [3.63, 3.8) is 0 Å². The smallest absolute Gasteiger partial charge is 0.264 e. The maximum absolute atomic E-state index is 13.3. The van der Waals surface area contributed by atoms with Crippen molar-refractivity contribution in [3.05, 3.63) is 95.8 Å². The van der Waals surface area contributed by atoms with Crippen LogP contribution in [0.5, 0.6) is 0 Å². The Hall–Kier alpha value is -4.05. The van der Waals surface area contributed by atoms with E-state index in [0.717, 1.165) is 54.9 Å². The van der Waals surface area contributed by atoms with E-state index >= 15 is 0 Å². The Balaban J connectivity index is 1.57. The van der Waals surface area contributed by atoms with Crippen LogP contribution in [0.2, 0.25) is 0 Å². The molecule has 40 heavy (non-hydrogen) atoms. The molecule has 0 amide bonds. The number of fused-ring (bicyclic) bond motifs is 3. The van der Waals surface area contributed by atoms with Crippen LogP contribution in [0, 0.1) is 0 Å². The van der Waals surface area contributed by atoms with Gasteiger partial charge in [0.1, 0.15) is 5.65 Å². The first-order valence-electron chi connectivity index (χ1n) is 12.6. The summed E-state index contributed by atoms with van der Waals surface area (Å²) < 4.78 is 27.9. The minimum Gasteiger partial charge on any atom is -0.339 e. The number of sulfonamides is 1. The minimum atomic E-state index is -3.68. The molecule has 9 heteroatoms. The van der Waals surface area contributed by atoms with Crippen LogP contribution in [0.1, 0.15) is 6.92 Å². The van der Waals surface area contributed by atoms with Crippen LogP contribution in [0.3, 0.4) is 0 Å². The zero-order chi connectivity index (χ0) is 28.0. The number of rotatable bonds is 6. The summed E-state index contributed by atoms with van der Waals surface area (Å²) in [4.78, 5) is 11.3. The number of aromatic amines is 1. The first-order valence-corrected chi connectivity index (χ1v) is 15.4. The van der Waals surface area contributed by atoms with Gasteiger partial charge in [-0.25, -0.2) is 13.4 Å². The molecule has 0 aliphatic carbocycles. The normalized spacial score (nSPS) is 11.7. The lowest BCUT2D eigenvalue weighted by molar-refractivity contribution is 0.595. The van der Waals surface area contributed by atoms with Crippen LogP contribution >= 0.6 is 23.6 Å². The van der Waals surface area contributed by atoms with Crippen LogP contribution in [-0.2, 0) is 10.0 Å². The number of anilines is 2. The molecule has 0 saturated heterocycles. The van der Waals surface area contributed by atoms with Crippen LogP contribution in [0.15, 0.2) is 101 Å². The van der Waals surface area contributed by atoms with Crippen molar-refractivity contribution < 1.29 is 8.42 Å². The molecule has 3 aromatic carbocycles. The second-order valence-corrected chi connectivity index (χ2v) is 12.9. The fourth-order valence-electron chi connectivity index (χ4n) is 4.91. The predicted octanol–water partition coefficient (Wildman–Crippen LogP) is 7.72. The van der Waals surface area contributed by atoms with E-state index in [1.54, 1.807) is 23.9 Å². The monoisotopic (exact) mass is 582 g/mol. The zero-order valence-corrected chi connectivity index (χ0v) is 24.6. The van der Waals surface area contributed by atoms with Gasteiger partial charge in [-0.15, -0.1) is 0 Å². The third kappa shape index (κ3) is 4.46. The first kappa shape index (κ1) is 26.2. The summed E-state index contributed by atoms with van der Waals surface area (Å²) in [6.45, 7) is 1.91. The Bertz CT molecular complexity index is 1970. The number of H-pyrrole nitrogens is 1. The number of benzene rings is 3. The Morgan fingerprint density at radius 2 is 1.65 bits per heavy atom. The molecule has 0 spiro atoms. The van der Waals surface area contributed by atoms with Crippen LogP contribution in [-0.4, -0.2) is 37.5 Å². The average Bonchev–Trinajstić information content (AvgIpc) is 3.65. The number of thiophene rings is 1. The summed E-state index contributed by atoms with van der Waals surface area (Å²) in [7, 11) is -0.133. The van der Waals surface area contributed by atoms with Gasteiger partial charge in [-0.1, -0.05) is 54.7 Å². The van der Waals surface area contributed by atoms with Crippen molar-refractivity contribution >= 4 is 71.9 Å². The minimum absolute atomic E-state index is 0.283. The molecule has 0 bridgehead atoms. The average molecular weight is 583 g/mol. The molecule has 6 rings (SSSR count). The highest BCUT2D eigenvalue weighted by Crippen LogP contribution is 2.42. The van der Waals surface area contributed by atoms with Gasteiger partial charge < -0.3 is 9.88 Å². The van der Waals surface area contributed by atoms with Gasteiger partial charge in [0.05, 0.1) is 15.6 Å². The highest BCUT2D eigenvalue weighted by molar-refractivity contribution is 7.93. The summed E-state index contributed by atoms with van der Waals surface area (Å²) in [5.74, 6) is 0. The summed E-state index contributed by atoms with van der Waals surface area (Å²) >= 11 is 6.71. The third-order valence-electron chi connectivity index (χ3n) is 7.22. The Labute approximate surface area is 242 Å². The van der Waals surface area contributed by atoms with Gasteiger partial charge in [0.25, 0.3) is 10.0 Å². The lowest BCUT2D eigenvalue weighted by atomic mass is 9.92. The number of hydrogen-bond donors (Lipinski definition) is 1. The molecule has 0 atom stereocenters. The fraction of sp³-hybridized carbons (Fsp3) is 0.0968. The van der Waals surface area contributed by atoms with Gasteiger partial charge in [0.15, 0.2) is 0 Å². The lowest BCUT2D eigenvalue weighted by Gasteiger charge is -2.19. The number of hydrogen-bond acceptors (Lipinski definition) is 5. The summed E-state index contributed by atoms with van der Waals surface area (Å²) in [5.41, 5.74) is 7.30. The van der Waals surface area contributed by atoms with Gasteiger partial charge in [0, 0.05) is 58.8 Å². The molecule has 1 N–H and O–H groups in total. The highest BCUT2D eigenvalue weighted by Gasteiger charge is 2.23. The predicted molar refractivity (Wildman–Crippen MR) is 171 cm³/mol. The largest absolute Gasteiger partial charge is 0.339 e. The quantitative estimate of drug-likeness (QED) is 0.204. The van der Waals surface area contributed by atoms with E-state index in [-0.39, 0.29) is 4.90 Å². The fourth-order valence-corrected chi connectivity index (χ4v) is 7.21. The van der Waals surface area contributed by atoms with E-state index < -0.39 is 10.0 Å². The van der Waals surface area contributed by atoms with Crippen molar-refractivity contribution in [3.8, 4) is 22.3 Å². The van der Waals surface area contributed by atoms with Crippen molar-refractivity contribution in [2.75, 3.05) is 23.3 Å². The molecule has 0 saturated carbocycles. The Morgan fingerprint density at radius 1 is 0.925 bits per heavy atom. The van der Waals surface area contributed by atoms with E-state index in [9.17, 15) is 8.42 Å². The molecule has 6 nitrogen and oxygen atoms in total. The molecule has 0 unspecified atom stereocenters. The standard InChI is InChI=1S/C31H26N4O2S3/c1-20(38)34(2)23-11-9-21(10-12-23)27-18-32-31-30(29(27)22-7-5-4-6-8-22)26-17-24(13-14-28(26)33-31)35(3)40(36,37)25-15-16-39-19-25/h4-19H,1-3H3,(H,32,33). The lowest BCUT2D eigenvalue weighted by Crippen LogP contribution is -2.26. The molecular formula is C31H26N4O2S3. The van der Waals surface area contributed by atoms with Crippen LogP contribution in [0.25, 0.3) is 44.2 Å². The maximum Gasteiger partial charge on any atom is 0.264 e. The number of nitrogens with zero attached hydrogens (tertiary/aromatic N) is 3. The van der Waals surface area contributed by atoms with Crippen molar-refractivity contribution in [2.45, 2.75) is 11.8 Å². The van der Waals surface area contributed by atoms with Crippen molar-refractivity contribution in [1.82, 2.24) is 9.97 Å². The number of aromatic nitrogens is 2. The first-order chi connectivity index (χ1) is 19.3. The van der Waals surface area contributed by atoms with Crippen molar-refractivity contribution in [2.24, 2.45) is 0 Å². The molecule has 0 aliphatic rings. The SMILES string of the molecule is CC(=S)N(C)c1ccc(-c2cnc3[nH]c4ccc(N(C)S(=O)(=O)c5ccsc5)cc4c3c2-c2ccccc2)cc1. The molecular weight excluding hydrogens is 557 g/mol. The Morgan fingerprint density at radius 3 is 2.33 bits per heavy atom. The van der Waals surface area contributed by atoms with E-state index in [4.69, 9.17) is 17.2 Å². The van der Waals surface area contributed by atoms with Gasteiger partial charge in [-0.3, -0.25) is 4.31 Å². The zero-order valence-electron chi connectivity index (χ0n) is 22.1. The molecule has 0 radical (unpaired) electrons. The molecule has 0 fully saturated rings.